The van der Waals surface area contributed by atoms with Gasteiger partial charge in [0.2, 0.25) is 0 Å². The SMILES string of the molecule is CC1Oc2ccc(C(C)C)cc2N(CCCN)C1=O. The highest BCUT2D eigenvalue weighted by molar-refractivity contribution is 5.99. The monoisotopic (exact) mass is 262 g/mol. The van der Waals surface area contributed by atoms with Crippen LogP contribution in [0.4, 0.5) is 5.69 Å². The van der Waals surface area contributed by atoms with Gasteiger partial charge in [0, 0.05) is 6.54 Å². The molecule has 0 aromatic heterocycles. The quantitative estimate of drug-likeness (QED) is 0.905. The van der Waals surface area contributed by atoms with Gasteiger partial charge in [0.05, 0.1) is 5.69 Å². The van der Waals surface area contributed by atoms with Crippen molar-refractivity contribution in [1.82, 2.24) is 0 Å². The summed E-state index contributed by atoms with van der Waals surface area (Å²) in [5.41, 5.74) is 7.64. The van der Waals surface area contributed by atoms with Crippen molar-refractivity contribution in [3.8, 4) is 5.75 Å². The van der Waals surface area contributed by atoms with Crippen LogP contribution in [0.25, 0.3) is 0 Å². The van der Waals surface area contributed by atoms with Gasteiger partial charge in [-0.2, -0.15) is 0 Å². The smallest absolute Gasteiger partial charge is 0.267 e. The molecule has 1 atom stereocenters. The van der Waals surface area contributed by atoms with E-state index in [-0.39, 0.29) is 5.91 Å². The zero-order chi connectivity index (χ0) is 14.0. The maximum Gasteiger partial charge on any atom is 0.267 e. The van der Waals surface area contributed by atoms with Crippen LogP contribution in [0.15, 0.2) is 18.2 Å². The van der Waals surface area contributed by atoms with Gasteiger partial charge in [-0.05, 0) is 43.5 Å². The number of benzene rings is 1. The first-order valence-electron chi connectivity index (χ1n) is 6.86. The summed E-state index contributed by atoms with van der Waals surface area (Å²) in [6.45, 7) is 7.30. The van der Waals surface area contributed by atoms with Crippen molar-refractivity contribution in [3.05, 3.63) is 23.8 Å². The molecule has 0 bridgehead atoms. The van der Waals surface area contributed by atoms with E-state index in [9.17, 15) is 4.79 Å². The molecule has 1 aromatic rings. The Balaban J connectivity index is 2.38. The number of carbonyl (C=O) groups is 1. The lowest BCUT2D eigenvalue weighted by molar-refractivity contribution is -0.125. The lowest BCUT2D eigenvalue weighted by atomic mass is 10.0. The van der Waals surface area contributed by atoms with Crippen LogP contribution in [0.1, 0.15) is 38.7 Å². The first-order valence-corrected chi connectivity index (χ1v) is 6.86. The molecule has 0 radical (unpaired) electrons. The summed E-state index contributed by atoms with van der Waals surface area (Å²) in [6, 6.07) is 6.08. The first kappa shape index (κ1) is 13.9. The molecule has 0 saturated heterocycles. The highest BCUT2D eigenvalue weighted by atomic mass is 16.5. The van der Waals surface area contributed by atoms with Gasteiger partial charge in [-0.25, -0.2) is 0 Å². The first-order chi connectivity index (χ1) is 9.04. The summed E-state index contributed by atoms with van der Waals surface area (Å²) in [5, 5.41) is 0. The van der Waals surface area contributed by atoms with Gasteiger partial charge in [0.25, 0.3) is 5.91 Å². The summed E-state index contributed by atoms with van der Waals surface area (Å²) >= 11 is 0. The zero-order valence-corrected chi connectivity index (χ0v) is 11.8. The van der Waals surface area contributed by atoms with Crippen molar-refractivity contribution in [2.75, 3.05) is 18.0 Å². The van der Waals surface area contributed by atoms with E-state index in [1.54, 1.807) is 6.92 Å². The predicted molar refractivity (Wildman–Crippen MR) is 76.6 cm³/mol. The van der Waals surface area contributed by atoms with Crippen LogP contribution in [0.2, 0.25) is 0 Å². The molecule has 0 saturated carbocycles. The number of nitrogens with zero attached hydrogens (tertiary/aromatic N) is 1. The second-order valence-corrected chi connectivity index (χ2v) is 5.27. The Morgan fingerprint density at radius 2 is 2.16 bits per heavy atom. The van der Waals surface area contributed by atoms with Crippen LogP contribution in [0.3, 0.4) is 0 Å². The van der Waals surface area contributed by atoms with E-state index in [0.29, 0.717) is 19.0 Å². The minimum absolute atomic E-state index is 0.0156. The van der Waals surface area contributed by atoms with Gasteiger partial charge >= 0.3 is 0 Å². The van der Waals surface area contributed by atoms with E-state index in [1.165, 1.54) is 5.56 Å². The number of nitrogens with two attached hydrogens (primary N) is 1. The molecule has 1 unspecified atom stereocenters. The van der Waals surface area contributed by atoms with Gasteiger partial charge in [0.1, 0.15) is 5.75 Å². The summed E-state index contributed by atoms with van der Waals surface area (Å²) in [4.78, 5) is 14.0. The van der Waals surface area contributed by atoms with E-state index < -0.39 is 6.10 Å². The molecule has 4 heteroatoms. The number of carbonyl (C=O) groups excluding carboxylic acids is 1. The third-order valence-electron chi connectivity index (χ3n) is 3.44. The molecule has 19 heavy (non-hydrogen) atoms. The van der Waals surface area contributed by atoms with Crippen LogP contribution in [-0.2, 0) is 4.79 Å². The Hall–Kier alpha value is -1.55. The molecule has 1 heterocycles. The largest absolute Gasteiger partial charge is 0.479 e. The second kappa shape index (κ2) is 5.61. The fourth-order valence-electron chi connectivity index (χ4n) is 2.26. The molecule has 2 rings (SSSR count). The molecule has 1 aromatic carbocycles. The Morgan fingerprint density at radius 3 is 2.79 bits per heavy atom. The van der Waals surface area contributed by atoms with Crippen molar-refractivity contribution in [3.63, 3.8) is 0 Å². The molecular weight excluding hydrogens is 240 g/mol. The minimum atomic E-state index is -0.421. The van der Waals surface area contributed by atoms with E-state index in [2.05, 4.69) is 26.0 Å². The van der Waals surface area contributed by atoms with Gasteiger partial charge in [0.15, 0.2) is 6.10 Å². The molecule has 0 aliphatic carbocycles. The fourth-order valence-corrected chi connectivity index (χ4v) is 2.26. The van der Waals surface area contributed by atoms with E-state index in [1.807, 2.05) is 11.0 Å². The molecule has 0 spiro atoms. The highest BCUT2D eigenvalue weighted by Gasteiger charge is 2.31. The number of hydrogen-bond acceptors (Lipinski definition) is 3. The Morgan fingerprint density at radius 1 is 1.42 bits per heavy atom. The topological polar surface area (TPSA) is 55.6 Å². The summed E-state index contributed by atoms with van der Waals surface area (Å²) < 4.78 is 5.67. The summed E-state index contributed by atoms with van der Waals surface area (Å²) in [5.74, 6) is 1.23. The van der Waals surface area contributed by atoms with E-state index in [4.69, 9.17) is 10.5 Å². The zero-order valence-electron chi connectivity index (χ0n) is 11.8. The maximum atomic E-state index is 12.2. The predicted octanol–water partition coefficient (Wildman–Crippen LogP) is 2.27. The van der Waals surface area contributed by atoms with E-state index >= 15 is 0 Å². The van der Waals surface area contributed by atoms with Crippen molar-refractivity contribution in [2.24, 2.45) is 5.73 Å². The highest BCUT2D eigenvalue weighted by Crippen LogP contribution is 2.36. The number of ether oxygens (including phenoxy) is 1. The number of rotatable bonds is 4. The molecule has 1 amide bonds. The van der Waals surface area contributed by atoms with Crippen LogP contribution in [0, 0.1) is 0 Å². The van der Waals surface area contributed by atoms with Gasteiger partial charge in [-0.1, -0.05) is 19.9 Å². The van der Waals surface area contributed by atoms with Crippen LogP contribution < -0.4 is 15.4 Å². The Kier molecular flexibility index (Phi) is 4.10. The average molecular weight is 262 g/mol. The number of amides is 1. The standard InChI is InChI=1S/C15H22N2O2/c1-10(2)12-5-6-14-13(9-12)17(8-4-7-16)15(18)11(3)19-14/h5-6,9-11H,4,7-8,16H2,1-3H3. The lowest BCUT2D eigenvalue weighted by Crippen LogP contribution is -2.45. The number of fused-ring (bicyclic) bond motifs is 1. The lowest BCUT2D eigenvalue weighted by Gasteiger charge is -2.33. The normalized spacial score (nSPS) is 18.5. The minimum Gasteiger partial charge on any atom is -0.479 e. The summed E-state index contributed by atoms with van der Waals surface area (Å²) in [7, 11) is 0. The van der Waals surface area contributed by atoms with Crippen LogP contribution >= 0.6 is 0 Å². The molecule has 2 N–H and O–H groups in total. The maximum absolute atomic E-state index is 12.2. The summed E-state index contributed by atoms with van der Waals surface area (Å²) in [6.07, 6.45) is 0.374. The Labute approximate surface area is 114 Å². The Bertz CT molecular complexity index is 471. The molecule has 1 aliphatic rings. The number of anilines is 1. The van der Waals surface area contributed by atoms with E-state index in [0.717, 1.165) is 17.9 Å². The fraction of sp³-hybridized carbons (Fsp3) is 0.533. The number of hydrogen-bond donors (Lipinski definition) is 1. The van der Waals surface area contributed by atoms with Crippen molar-refractivity contribution in [1.29, 1.82) is 0 Å². The third kappa shape index (κ3) is 2.73. The van der Waals surface area contributed by atoms with Crippen molar-refractivity contribution in [2.45, 2.75) is 39.2 Å². The molecule has 1 aliphatic heterocycles. The van der Waals surface area contributed by atoms with Gasteiger partial charge in [-0.15, -0.1) is 0 Å². The molecular formula is C15H22N2O2. The third-order valence-corrected chi connectivity index (χ3v) is 3.44. The molecule has 4 nitrogen and oxygen atoms in total. The van der Waals surface area contributed by atoms with Gasteiger partial charge in [-0.3, -0.25) is 4.79 Å². The molecule has 0 fully saturated rings. The van der Waals surface area contributed by atoms with Crippen LogP contribution in [0.5, 0.6) is 5.75 Å². The molecule has 104 valence electrons. The van der Waals surface area contributed by atoms with Crippen molar-refractivity contribution >= 4 is 11.6 Å². The van der Waals surface area contributed by atoms with Crippen LogP contribution in [-0.4, -0.2) is 25.1 Å². The van der Waals surface area contributed by atoms with Gasteiger partial charge < -0.3 is 15.4 Å². The second-order valence-electron chi connectivity index (χ2n) is 5.27. The van der Waals surface area contributed by atoms with Crippen molar-refractivity contribution < 1.29 is 9.53 Å². The average Bonchev–Trinajstić information content (AvgIpc) is 2.39.